The summed E-state index contributed by atoms with van der Waals surface area (Å²) in [7, 11) is 0. The van der Waals surface area contributed by atoms with Gasteiger partial charge in [-0.05, 0) is 38.9 Å². The molecule has 0 aliphatic rings. The molecule has 0 saturated heterocycles. The van der Waals surface area contributed by atoms with Crippen molar-refractivity contribution in [3.63, 3.8) is 0 Å². The normalized spacial score (nSPS) is 11.4. The lowest BCUT2D eigenvalue weighted by Gasteiger charge is -2.05. The van der Waals surface area contributed by atoms with Gasteiger partial charge in [-0.15, -0.1) is 0 Å². The van der Waals surface area contributed by atoms with E-state index in [2.05, 4.69) is 12.2 Å². The summed E-state index contributed by atoms with van der Waals surface area (Å²) in [6, 6.07) is 0. The van der Waals surface area contributed by atoms with E-state index in [1.54, 1.807) is 0 Å². The Balaban J connectivity index is 2.96. The Morgan fingerprint density at radius 1 is 0.393 bits per heavy atom. The van der Waals surface area contributed by atoms with Gasteiger partial charge in [0.15, 0.2) is 0 Å². The van der Waals surface area contributed by atoms with E-state index >= 15 is 0 Å². The fourth-order valence-electron chi connectivity index (χ4n) is 4.02. The summed E-state index contributed by atoms with van der Waals surface area (Å²) in [6.45, 7) is 5.48. The van der Waals surface area contributed by atoms with Gasteiger partial charge < -0.3 is 11.1 Å². The second kappa shape index (κ2) is 26.9. The Bertz CT molecular complexity index is 229. The van der Waals surface area contributed by atoms with Crippen LogP contribution in [-0.4, -0.2) is 19.6 Å². The van der Waals surface area contributed by atoms with Gasteiger partial charge in [0.25, 0.3) is 0 Å². The molecule has 0 spiro atoms. The summed E-state index contributed by atoms with van der Waals surface area (Å²) in [4.78, 5) is 0. The molecule has 0 aromatic carbocycles. The molecule has 0 aliphatic carbocycles. The molecule has 0 aliphatic heterocycles. The van der Waals surface area contributed by atoms with E-state index in [1.165, 1.54) is 141 Å². The molecule has 0 aromatic rings. The third-order valence-corrected chi connectivity index (χ3v) is 6.01. The second-order valence-corrected chi connectivity index (χ2v) is 8.96. The predicted octanol–water partition coefficient (Wildman–Crippen LogP) is 8.14. The van der Waals surface area contributed by atoms with Crippen molar-refractivity contribution in [2.45, 2.75) is 148 Å². The minimum atomic E-state index is 0.834. The Hall–Kier alpha value is -0.0800. The Kier molecular flexibility index (Phi) is 26.8. The third kappa shape index (κ3) is 25.9. The van der Waals surface area contributed by atoms with Gasteiger partial charge in [0.2, 0.25) is 0 Å². The minimum Gasteiger partial charge on any atom is -0.330 e. The number of rotatable bonds is 25. The number of hydrogen-bond acceptors (Lipinski definition) is 2. The Morgan fingerprint density at radius 2 is 0.679 bits per heavy atom. The maximum absolute atomic E-state index is 5.50. The smallest absolute Gasteiger partial charge is 0.00484 e. The maximum Gasteiger partial charge on any atom is -0.00484 e. The summed E-state index contributed by atoms with van der Waals surface area (Å²) in [5, 5.41) is 3.52. The summed E-state index contributed by atoms with van der Waals surface area (Å²) in [5.74, 6) is 0. The molecule has 0 radical (unpaired) electrons. The monoisotopic (exact) mass is 396 g/mol. The van der Waals surface area contributed by atoms with Gasteiger partial charge >= 0.3 is 0 Å². The lowest BCUT2D eigenvalue weighted by Crippen LogP contribution is -2.17. The molecule has 0 atom stereocenters. The quantitative estimate of drug-likeness (QED) is 0.153. The van der Waals surface area contributed by atoms with Gasteiger partial charge in [-0.25, -0.2) is 0 Å². The average Bonchev–Trinajstić information content (AvgIpc) is 2.71. The van der Waals surface area contributed by atoms with Crippen LogP contribution in [0.3, 0.4) is 0 Å². The van der Waals surface area contributed by atoms with Gasteiger partial charge in [0, 0.05) is 0 Å². The van der Waals surface area contributed by atoms with E-state index in [4.69, 9.17) is 5.73 Å². The molecule has 28 heavy (non-hydrogen) atoms. The molecular formula is C26H56N2. The van der Waals surface area contributed by atoms with Crippen LogP contribution in [0.1, 0.15) is 148 Å². The molecule has 0 fully saturated rings. The molecule has 0 heterocycles. The first kappa shape index (κ1) is 27.9. The van der Waals surface area contributed by atoms with E-state index < -0.39 is 0 Å². The van der Waals surface area contributed by atoms with Crippen LogP contribution in [0, 0.1) is 0 Å². The maximum atomic E-state index is 5.50. The minimum absolute atomic E-state index is 0.834. The fraction of sp³-hybridized carbons (Fsp3) is 1.00. The number of nitrogens with two attached hydrogens (primary N) is 1. The SMILES string of the molecule is CCCCCCCCCCCCCCCCCCCCCCNCCCCN. The van der Waals surface area contributed by atoms with Crippen LogP contribution in [0.15, 0.2) is 0 Å². The highest BCUT2D eigenvalue weighted by Gasteiger charge is 1.95. The predicted molar refractivity (Wildman–Crippen MR) is 129 cm³/mol. The van der Waals surface area contributed by atoms with Gasteiger partial charge in [0.1, 0.15) is 0 Å². The van der Waals surface area contributed by atoms with Crippen molar-refractivity contribution in [1.82, 2.24) is 5.32 Å². The van der Waals surface area contributed by atoms with E-state index in [-0.39, 0.29) is 0 Å². The van der Waals surface area contributed by atoms with Crippen LogP contribution >= 0.6 is 0 Å². The fourth-order valence-corrected chi connectivity index (χ4v) is 4.02. The summed E-state index contributed by atoms with van der Waals surface area (Å²) in [5.41, 5.74) is 5.50. The zero-order valence-electron chi connectivity index (χ0n) is 19.8. The highest BCUT2D eigenvalue weighted by atomic mass is 14.8. The van der Waals surface area contributed by atoms with Crippen molar-refractivity contribution >= 4 is 0 Å². The molecule has 0 rings (SSSR count). The highest BCUT2D eigenvalue weighted by Crippen LogP contribution is 2.14. The van der Waals surface area contributed by atoms with Crippen LogP contribution in [-0.2, 0) is 0 Å². The van der Waals surface area contributed by atoms with E-state index in [0.29, 0.717) is 0 Å². The summed E-state index contributed by atoms with van der Waals surface area (Å²) in [6.07, 6.45) is 31.5. The highest BCUT2D eigenvalue weighted by molar-refractivity contribution is 4.53. The molecule has 2 nitrogen and oxygen atoms in total. The van der Waals surface area contributed by atoms with Crippen LogP contribution in [0.5, 0.6) is 0 Å². The van der Waals surface area contributed by atoms with Crippen molar-refractivity contribution in [3.8, 4) is 0 Å². The first-order valence-corrected chi connectivity index (χ1v) is 13.3. The largest absolute Gasteiger partial charge is 0.330 e. The van der Waals surface area contributed by atoms with E-state index in [0.717, 1.165) is 19.5 Å². The lowest BCUT2D eigenvalue weighted by molar-refractivity contribution is 0.518. The third-order valence-electron chi connectivity index (χ3n) is 6.01. The molecule has 3 N–H and O–H groups in total. The molecule has 2 heteroatoms. The van der Waals surface area contributed by atoms with Gasteiger partial charge in [-0.2, -0.15) is 0 Å². The van der Waals surface area contributed by atoms with Crippen molar-refractivity contribution < 1.29 is 0 Å². The lowest BCUT2D eigenvalue weighted by atomic mass is 10.0. The zero-order chi connectivity index (χ0) is 20.4. The summed E-state index contributed by atoms with van der Waals surface area (Å²) >= 11 is 0. The van der Waals surface area contributed by atoms with Crippen LogP contribution < -0.4 is 11.1 Å². The van der Waals surface area contributed by atoms with Crippen molar-refractivity contribution in [1.29, 1.82) is 0 Å². The molecular weight excluding hydrogens is 340 g/mol. The van der Waals surface area contributed by atoms with Gasteiger partial charge in [-0.1, -0.05) is 129 Å². The standard InChI is InChI=1S/C26H56N2/c1-2-3-4-5-6-7-8-9-10-11-12-13-14-15-16-17-18-19-20-22-25-28-26-23-21-24-27/h28H,2-27H2,1H3. The first-order valence-electron chi connectivity index (χ1n) is 13.3. The zero-order valence-corrected chi connectivity index (χ0v) is 19.8. The van der Waals surface area contributed by atoms with Crippen LogP contribution in [0.2, 0.25) is 0 Å². The van der Waals surface area contributed by atoms with Crippen molar-refractivity contribution in [3.05, 3.63) is 0 Å². The van der Waals surface area contributed by atoms with E-state index in [9.17, 15) is 0 Å². The van der Waals surface area contributed by atoms with Crippen LogP contribution in [0.4, 0.5) is 0 Å². The van der Waals surface area contributed by atoms with Gasteiger partial charge in [-0.3, -0.25) is 0 Å². The second-order valence-electron chi connectivity index (χ2n) is 8.96. The van der Waals surface area contributed by atoms with Crippen molar-refractivity contribution in [2.24, 2.45) is 5.73 Å². The first-order chi connectivity index (χ1) is 13.9. The molecule has 170 valence electrons. The molecule has 0 aromatic heterocycles. The Labute approximate surface area is 179 Å². The number of hydrogen-bond donors (Lipinski definition) is 2. The molecule has 0 unspecified atom stereocenters. The van der Waals surface area contributed by atoms with Crippen LogP contribution in [0.25, 0.3) is 0 Å². The molecule has 0 amide bonds. The average molecular weight is 397 g/mol. The number of unbranched alkanes of at least 4 members (excludes halogenated alkanes) is 20. The number of nitrogens with one attached hydrogen (secondary N) is 1. The van der Waals surface area contributed by atoms with Crippen molar-refractivity contribution in [2.75, 3.05) is 19.6 Å². The molecule has 0 bridgehead atoms. The molecule has 0 saturated carbocycles. The Morgan fingerprint density at radius 3 is 1.00 bits per heavy atom. The topological polar surface area (TPSA) is 38.0 Å². The van der Waals surface area contributed by atoms with E-state index in [1.807, 2.05) is 0 Å². The summed E-state index contributed by atoms with van der Waals surface area (Å²) < 4.78 is 0. The van der Waals surface area contributed by atoms with Gasteiger partial charge in [0.05, 0.1) is 0 Å².